The van der Waals surface area contributed by atoms with Crippen molar-refractivity contribution >= 4 is 22.4 Å². The average molecular weight is 346 g/mol. The predicted octanol–water partition coefficient (Wildman–Crippen LogP) is 2.62. The molecule has 1 aliphatic rings. The van der Waals surface area contributed by atoms with Crippen LogP contribution in [-0.4, -0.2) is 33.9 Å². The topological polar surface area (TPSA) is 78.1 Å². The van der Waals surface area contributed by atoms with Gasteiger partial charge in [0.2, 0.25) is 0 Å². The van der Waals surface area contributed by atoms with Crippen LogP contribution in [0.15, 0.2) is 22.3 Å². The fraction of sp³-hybridized carbons (Fsp3) is 0.471. The van der Waals surface area contributed by atoms with Crippen molar-refractivity contribution in [1.82, 2.24) is 14.9 Å². The minimum Gasteiger partial charge on any atom is -0.326 e. The Labute approximate surface area is 144 Å². The van der Waals surface area contributed by atoms with Crippen molar-refractivity contribution in [3.8, 4) is 0 Å². The first-order valence-corrected chi connectivity index (χ1v) is 9.07. The van der Waals surface area contributed by atoms with Gasteiger partial charge in [-0.2, -0.15) is 0 Å². The van der Waals surface area contributed by atoms with Gasteiger partial charge in [-0.05, 0) is 50.9 Å². The van der Waals surface area contributed by atoms with Crippen LogP contribution in [0.3, 0.4) is 0 Å². The normalized spacial score (nSPS) is 16.2. The fourth-order valence-corrected chi connectivity index (χ4v) is 3.50. The summed E-state index contributed by atoms with van der Waals surface area (Å²) in [6, 6.07) is 3.24. The third-order valence-corrected chi connectivity index (χ3v) is 5.14. The van der Waals surface area contributed by atoms with Crippen molar-refractivity contribution in [2.75, 3.05) is 18.4 Å². The van der Waals surface area contributed by atoms with E-state index in [0.29, 0.717) is 5.13 Å². The van der Waals surface area contributed by atoms with E-state index in [9.17, 15) is 9.59 Å². The molecule has 0 spiro atoms. The molecule has 1 fully saturated rings. The second-order valence-corrected chi connectivity index (χ2v) is 7.30. The molecule has 0 aromatic carbocycles. The summed E-state index contributed by atoms with van der Waals surface area (Å²) in [5, 5.41) is 5.21. The molecule has 6 nitrogen and oxygen atoms in total. The minimum atomic E-state index is -0.427. The Morgan fingerprint density at radius 1 is 1.42 bits per heavy atom. The van der Waals surface area contributed by atoms with E-state index in [4.69, 9.17) is 0 Å². The summed E-state index contributed by atoms with van der Waals surface area (Å²) in [5.41, 5.74) is 1.40. The molecule has 0 saturated carbocycles. The van der Waals surface area contributed by atoms with E-state index in [-0.39, 0.29) is 11.1 Å². The van der Waals surface area contributed by atoms with Crippen LogP contribution in [0.2, 0.25) is 0 Å². The fourth-order valence-electron chi connectivity index (χ4n) is 2.80. The summed E-state index contributed by atoms with van der Waals surface area (Å²) < 4.78 is 0. The van der Waals surface area contributed by atoms with Crippen LogP contribution in [0.5, 0.6) is 0 Å². The number of hydrogen-bond donors (Lipinski definition) is 2. The maximum Gasteiger partial charge on any atom is 0.263 e. The number of piperidine rings is 1. The Hall–Kier alpha value is -1.99. The maximum absolute atomic E-state index is 12.2. The molecule has 3 heterocycles. The lowest BCUT2D eigenvalue weighted by Crippen LogP contribution is -2.32. The average Bonchev–Trinajstić information content (AvgIpc) is 2.96. The van der Waals surface area contributed by atoms with E-state index in [1.54, 1.807) is 13.0 Å². The van der Waals surface area contributed by atoms with Crippen LogP contribution in [-0.2, 0) is 6.54 Å². The van der Waals surface area contributed by atoms with Crippen molar-refractivity contribution in [2.24, 2.45) is 5.92 Å². The third kappa shape index (κ3) is 4.10. The Kier molecular flexibility index (Phi) is 5.11. The number of anilines is 1. The number of carbonyl (C=O) groups excluding carboxylic acids is 1. The maximum atomic E-state index is 12.2. The van der Waals surface area contributed by atoms with E-state index in [2.05, 4.69) is 27.1 Å². The standard InChI is InChI=1S/C17H22N4O2S/c1-11-5-7-21(8-6-11)9-13-10-24-17(19-13)20-16(23)14-4-3-12(2)18-15(14)22/h3-4,10-11H,5-9H2,1-2H3,(H,18,22)(H,19,20,23). The molecule has 128 valence electrons. The zero-order chi connectivity index (χ0) is 17.1. The van der Waals surface area contributed by atoms with Crippen molar-refractivity contribution < 1.29 is 4.79 Å². The Morgan fingerprint density at radius 3 is 2.88 bits per heavy atom. The van der Waals surface area contributed by atoms with Crippen LogP contribution >= 0.6 is 11.3 Å². The molecule has 2 aromatic rings. The lowest BCUT2D eigenvalue weighted by molar-refractivity contribution is 0.102. The summed E-state index contributed by atoms with van der Waals surface area (Å²) in [4.78, 5) is 33.5. The highest BCUT2D eigenvalue weighted by Gasteiger charge is 2.17. The van der Waals surface area contributed by atoms with Crippen molar-refractivity contribution in [1.29, 1.82) is 0 Å². The number of rotatable bonds is 4. The van der Waals surface area contributed by atoms with Gasteiger partial charge in [-0.1, -0.05) is 6.92 Å². The SMILES string of the molecule is Cc1ccc(C(=O)Nc2nc(CN3CCC(C)CC3)cs2)c(=O)[nH]1. The molecule has 0 unspecified atom stereocenters. The van der Waals surface area contributed by atoms with Gasteiger partial charge in [0.25, 0.3) is 11.5 Å². The molecule has 2 aromatic heterocycles. The molecule has 2 N–H and O–H groups in total. The van der Waals surface area contributed by atoms with Crippen LogP contribution in [0, 0.1) is 12.8 Å². The number of carbonyl (C=O) groups is 1. The highest BCUT2D eigenvalue weighted by atomic mass is 32.1. The number of hydrogen-bond acceptors (Lipinski definition) is 5. The highest BCUT2D eigenvalue weighted by molar-refractivity contribution is 7.13. The first kappa shape index (κ1) is 16.9. The van der Waals surface area contributed by atoms with Gasteiger partial charge < -0.3 is 4.98 Å². The zero-order valence-corrected chi connectivity index (χ0v) is 14.8. The number of nitrogens with one attached hydrogen (secondary N) is 2. The number of H-pyrrole nitrogens is 1. The third-order valence-electron chi connectivity index (χ3n) is 4.33. The number of pyridine rings is 1. The van der Waals surface area contributed by atoms with Crippen LogP contribution in [0.4, 0.5) is 5.13 Å². The minimum absolute atomic E-state index is 0.0994. The van der Waals surface area contributed by atoms with Crippen LogP contribution in [0.1, 0.15) is 41.5 Å². The van der Waals surface area contributed by atoms with Crippen molar-refractivity contribution in [2.45, 2.75) is 33.2 Å². The zero-order valence-electron chi connectivity index (χ0n) is 14.0. The molecule has 7 heteroatoms. The first-order valence-electron chi connectivity index (χ1n) is 8.19. The van der Waals surface area contributed by atoms with Gasteiger partial charge in [0.1, 0.15) is 5.56 Å². The molecular weight excluding hydrogens is 324 g/mol. The number of amides is 1. The number of likely N-dealkylation sites (tertiary alicyclic amines) is 1. The van der Waals surface area contributed by atoms with E-state index in [1.807, 2.05) is 5.38 Å². The van der Waals surface area contributed by atoms with Gasteiger partial charge in [0, 0.05) is 17.6 Å². The van der Waals surface area contributed by atoms with E-state index in [1.165, 1.54) is 30.2 Å². The molecule has 1 saturated heterocycles. The largest absolute Gasteiger partial charge is 0.326 e. The quantitative estimate of drug-likeness (QED) is 0.892. The molecule has 1 aliphatic heterocycles. The van der Waals surface area contributed by atoms with Gasteiger partial charge in [0.15, 0.2) is 5.13 Å². The lowest BCUT2D eigenvalue weighted by Gasteiger charge is -2.29. The summed E-state index contributed by atoms with van der Waals surface area (Å²) in [6.45, 7) is 7.07. The monoisotopic (exact) mass is 346 g/mol. The molecule has 0 bridgehead atoms. The summed E-state index contributed by atoms with van der Waals surface area (Å²) in [6.07, 6.45) is 2.45. The molecule has 24 heavy (non-hydrogen) atoms. The Balaban J connectivity index is 1.61. The second-order valence-electron chi connectivity index (χ2n) is 6.44. The van der Waals surface area contributed by atoms with Gasteiger partial charge >= 0.3 is 0 Å². The molecule has 1 amide bonds. The summed E-state index contributed by atoms with van der Waals surface area (Å²) in [5.74, 6) is 0.378. The van der Waals surface area contributed by atoms with Crippen molar-refractivity contribution in [3.63, 3.8) is 0 Å². The number of thiazole rings is 1. The summed E-state index contributed by atoms with van der Waals surface area (Å²) in [7, 11) is 0. The molecular formula is C17H22N4O2S. The van der Waals surface area contributed by atoms with Crippen LogP contribution < -0.4 is 10.9 Å². The molecule has 0 radical (unpaired) electrons. The first-order chi connectivity index (χ1) is 11.5. The molecule has 3 rings (SSSR count). The van der Waals surface area contributed by atoms with E-state index in [0.717, 1.165) is 36.9 Å². The number of nitrogens with zero attached hydrogens (tertiary/aromatic N) is 2. The van der Waals surface area contributed by atoms with E-state index < -0.39 is 5.91 Å². The van der Waals surface area contributed by atoms with Crippen molar-refractivity contribution in [3.05, 3.63) is 44.8 Å². The van der Waals surface area contributed by atoms with Gasteiger partial charge in [-0.3, -0.25) is 19.8 Å². The smallest absolute Gasteiger partial charge is 0.263 e. The molecule has 0 atom stereocenters. The predicted molar refractivity (Wildman–Crippen MR) is 95.5 cm³/mol. The highest BCUT2D eigenvalue weighted by Crippen LogP contribution is 2.21. The molecule has 0 aliphatic carbocycles. The van der Waals surface area contributed by atoms with Crippen LogP contribution in [0.25, 0.3) is 0 Å². The number of aryl methyl sites for hydroxylation is 1. The number of aromatic amines is 1. The lowest BCUT2D eigenvalue weighted by atomic mass is 9.99. The Bertz CT molecular complexity index is 775. The van der Waals surface area contributed by atoms with E-state index >= 15 is 0 Å². The second kappa shape index (κ2) is 7.27. The number of aromatic nitrogens is 2. The Morgan fingerprint density at radius 2 is 2.17 bits per heavy atom. The van der Waals surface area contributed by atoms with Gasteiger partial charge in [-0.25, -0.2) is 4.98 Å². The van der Waals surface area contributed by atoms with Gasteiger partial charge in [-0.15, -0.1) is 11.3 Å². The van der Waals surface area contributed by atoms with Gasteiger partial charge in [0.05, 0.1) is 5.69 Å². The summed E-state index contributed by atoms with van der Waals surface area (Å²) >= 11 is 1.39.